The summed E-state index contributed by atoms with van der Waals surface area (Å²) in [4.78, 5) is 0.903. The van der Waals surface area contributed by atoms with Gasteiger partial charge in [0.15, 0.2) is 0 Å². The lowest BCUT2D eigenvalue weighted by molar-refractivity contribution is 0.226. The van der Waals surface area contributed by atoms with E-state index < -0.39 is 0 Å². The fourth-order valence-electron chi connectivity index (χ4n) is 2.56. The first-order valence-corrected chi connectivity index (χ1v) is 7.92. The smallest absolute Gasteiger partial charge is 0.0852 e. The maximum atomic E-state index is 9.90. The Kier molecular flexibility index (Phi) is 8.90. The van der Waals surface area contributed by atoms with Crippen LogP contribution in [0.4, 0.5) is 0 Å². The van der Waals surface area contributed by atoms with Gasteiger partial charge in [-0.15, -0.1) is 0 Å². The molecule has 2 heteroatoms. The van der Waals surface area contributed by atoms with Crippen molar-refractivity contribution in [3.63, 3.8) is 0 Å². The number of hydrogen-bond donors (Lipinski definition) is 1. The second kappa shape index (κ2) is 10.0. The lowest BCUT2D eigenvalue weighted by Gasteiger charge is -2.11. The first-order valence-electron chi connectivity index (χ1n) is 7.51. The van der Waals surface area contributed by atoms with Gasteiger partial charge in [0, 0.05) is 4.86 Å². The third-order valence-electron chi connectivity index (χ3n) is 3.77. The standard InChI is InChI=1S/C15H28OS/c16-14-12-10-8-6-4-2-1-3-5-7-9-11-13-15(14)17/h14,16H,1-13H2. The average Bonchev–Trinajstić information content (AvgIpc) is 2.34. The number of hydrogen-bond acceptors (Lipinski definition) is 2. The normalized spacial score (nSPS) is 27.1. The third kappa shape index (κ3) is 7.88. The van der Waals surface area contributed by atoms with Gasteiger partial charge in [-0.05, 0) is 19.3 Å². The summed E-state index contributed by atoms with van der Waals surface area (Å²) in [5.41, 5.74) is 0. The van der Waals surface area contributed by atoms with Crippen LogP contribution in [0, 0.1) is 0 Å². The monoisotopic (exact) mass is 256 g/mol. The largest absolute Gasteiger partial charge is 0.388 e. The highest BCUT2D eigenvalue weighted by Crippen LogP contribution is 2.16. The predicted molar refractivity (Wildman–Crippen MR) is 78.6 cm³/mol. The Morgan fingerprint density at radius 3 is 1.65 bits per heavy atom. The van der Waals surface area contributed by atoms with Crippen LogP contribution in [0.25, 0.3) is 0 Å². The van der Waals surface area contributed by atoms with Crippen LogP contribution in [0.15, 0.2) is 0 Å². The first kappa shape index (κ1) is 15.1. The van der Waals surface area contributed by atoms with Gasteiger partial charge < -0.3 is 5.11 Å². The van der Waals surface area contributed by atoms with Gasteiger partial charge in [0.2, 0.25) is 0 Å². The summed E-state index contributed by atoms with van der Waals surface area (Å²) in [6, 6.07) is 0. The zero-order valence-electron chi connectivity index (χ0n) is 11.1. The van der Waals surface area contributed by atoms with E-state index in [1.54, 1.807) is 0 Å². The molecule has 1 saturated carbocycles. The number of thiocarbonyl (C=S) groups is 1. The summed E-state index contributed by atoms with van der Waals surface area (Å²) in [7, 11) is 0. The van der Waals surface area contributed by atoms with Crippen LogP contribution in [0.1, 0.15) is 83.5 Å². The molecule has 1 unspecified atom stereocenters. The quantitative estimate of drug-likeness (QED) is 0.628. The van der Waals surface area contributed by atoms with Gasteiger partial charge in [0.25, 0.3) is 0 Å². The molecule has 1 aliphatic carbocycles. The Hall–Kier alpha value is 0.0500. The molecule has 100 valence electrons. The summed E-state index contributed by atoms with van der Waals surface area (Å²) in [5.74, 6) is 0. The zero-order valence-corrected chi connectivity index (χ0v) is 11.9. The van der Waals surface area contributed by atoms with Crippen LogP contribution in [0.5, 0.6) is 0 Å². The number of rotatable bonds is 0. The minimum atomic E-state index is -0.310. The summed E-state index contributed by atoms with van der Waals surface area (Å²) in [5, 5.41) is 9.90. The Morgan fingerprint density at radius 1 is 0.706 bits per heavy atom. The Bertz CT molecular complexity index is 203. The summed E-state index contributed by atoms with van der Waals surface area (Å²) in [6.07, 6.45) is 16.1. The van der Waals surface area contributed by atoms with E-state index in [9.17, 15) is 5.11 Å². The minimum Gasteiger partial charge on any atom is -0.388 e. The van der Waals surface area contributed by atoms with Crippen LogP contribution in [0.3, 0.4) is 0 Å². The molecule has 0 heterocycles. The van der Waals surface area contributed by atoms with E-state index in [0.29, 0.717) is 0 Å². The van der Waals surface area contributed by atoms with Gasteiger partial charge in [-0.3, -0.25) is 0 Å². The molecule has 0 aromatic rings. The summed E-state index contributed by atoms with van der Waals surface area (Å²) >= 11 is 5.30. The Labute approximate surface area is 112 Å². The van der Waals surface area contributed by atoms with Crippen molar-refractivity contribution in [3.8, 4) is 0 Å². The van der Waals surface area contributed by atoms with Gasteiger partial charge in [0.1, 0.15) is 0 Å². The van der Waals surface area contributed by atoms with Crippen molar-refractivity contribution in [1.29, 1.82) is 0 Å². The molecule has 0 amide bonds. The van der Waals surface area contributed by atoms with Gasteiger partial charge >= 0.3 is 0 Å². The summed E-state index contributed by atoms with van der Waals surface area (Å²) in [6.45, 7) is 0. The van der Waals surface area contributed by atoms with Crippen LogP contribution >= 0.6 is 12.2 Å². The van der Waals surface area contributed by atoms with Crippen LogP contribution in [-0.2, 0) is 0 Å². The van der Waals surface area contributed by atoms with Gasteiger partial charge in [-0.1, -0.05) is 76.4 Å². The average molecular weight is 256 g/mol. The highest BCUT2D eigenvalue weighted by atomic mass is 32.1. The van der Waals surface area contributed by atoms with Crippen molar-refractivity contribution in [2.24, 2.45) is 0 Å². The SMILES string of the molecule is OC1CCCCCCCCCCCCCC1=S. The number of aliphatic hydroxyl groups is 1. The third-order valence-corrected chi connectivity index (χ3v) is 4.25. The van der Waals surface area contributed by atoms with Crippen molar-refractivity contribution >= 4 is 17.1 Å². The van der Waals surface area contributed by atoms with E-state index >= 15 is 0 Å². The maximum absolute atomic E-state index is 9.90. The van der Waals surface area contributed by atoms with E-state index in [2.05, 4.69) is 0 Å². The predicted octanol–water partition coefficient (Wildman–Crippen LogP) is 4.80. The lowest BCUT2D eigenvalue weighted by atomic mass is 10.0. The minimum absolute atomic E-state index is 0.310. The molecule has 0 aliphatic heterocycles. The Balaban J connectivity index is 2.24. The van der Waals surface area contributed by atoms with Crippen molar-refractivity contribution in [1.82, 2.24) is 0 Å². The van der Waals surface area contributed by atoms with E-state index in [1.165, 1.54) is 64.2 Å². The van der Waals surface area contributed by atoms with Crippen molar-refractivity contribution < 1.29 is 5.11 Å². The topological polar surface area (TPSA) is 20.2 Å². The molecule has 0 spiro atoms. The first-order chi connectivity index (χ1) is 8.30. The highest BCUT2D eigenvalue weighted by molar-refractivity contribution is 7.80. The van der Waals surface area contributed by atoms with E-state index in [-0.39, 0.29) is 6.10 Å². The molecule has 0 saturated heterocycles. The molecular formula is C15H28OS. The molecular weight excluding hydrogens is 228 g/mol. The molecule has 17 heavy (non-hydrogen) atoms. The number of aliphatic hydroxyl groups excluding tert-OH is 1. The second-order valence-corrected chi connectivity index (χ2v) is 5.93. The summed E-state index contributed by atoms with van der Waals surface area (Å²) < 4.78 is 0. The fraction of sp³-hybridized carbons (Fsp3) is 0.933. The van der Waals surface area contributed by atoms with Crippen LogP contribution in [0.2, 0.25) is 0 Å². The van der Waals surface area contributed by atoms with E-state index in [0.717, 1.165) is 24.1 Å². The molecule has 1 aliphatic rings. The molecule has 0 aromatic heterocycles. The molecule has 0 aromatic carbocycles. The fourth-order valence-corrected chi connectivity index (χ4v) is 2.82. The van der Waals surface area contributed by atoms with Crippen LogP contribution in [-0.4, -0.2) is 16.1 Å². The second-order valence-electron chi connectivity index (χ2n) is 5.41. The molecule has 0 radical (unpaired) electrons. The van der Waals surface area contributed by atoms with Crippen molar-refractivity contribution in [3.05, 3.63) is 0 Å². The molecule has 1 fully saturated rings. The van der Waals surface area contributed by atoms with Gasteiger partial charge in [-0.2, -0.15) is 0 Å². The lowest BCUT2D eigenvalue weighted by Crippen LogP contribution is -2.18. The molecule has 1 atom stereocenters. The molecule has 1 rings (SSSR count). The van der Waals surface area contributed by atoms with E-state index in [4.69, 9.17) is 12.2 Å². The zero-order chi connectivity index (χ0) is 12.3. The molecule has 1 nitrogen and oxygen atoms in total. The highest BCUT2D eigenvalue weighted by Gasteiger charge is 2.10. The van der Waals surface area contributed by atoms with Crippen molar-refractivity contribution in [2.45, 2.75) is 89.6 Å². The van der Waals surface area contributed by atoms with Gasteiger partial charge in [-0.25, -0.2) is 0 Å². The molecule has 1 N–H and O–H groups in total. The van der Waals surface area contributed by atoms with Crippen LogP contribution < -0.4 is 0 Å². The van der Waals surface area contributed by atoms with Gasteiger partial charge in [0.05, 0.1) is 6.10 Å². The van der Waals surface area contributed by atoms with E-state index in [1.807, 2.05) is 0 Å². The maximum Gasteiger partial charge on any atom is 0.0852 e. The molecule has 0 bridgehead atoms. The van der Waals surface area contributed by atoms with Crippen molar-refractivity contribution in [2.75, 3.05) is 0 Å². The Morgan fingerprint density at radius 2 is 1.12 bits per heavy atom.